The van der Waals surface area contributed by atoms with Crippen LogP contribution in [0.4, 0.5) is 0 Å². The maximum Gasteiger partial charge on any atom is 0.249 e. The minimum Gasteiger partial charge on any atom is -0.378 e. The predicted octanol–water partition coefficient (Wildman–Crippen LogP) is -0.728. The second-order valence-electron chi connectivity index (χ2n) is 5.43. The fourth-order valence-corrected chi connectivity index (χ4v) is 2.88. The lowest BCUT2D eigenvalue weighted by atomic mass is 10.1. The first-order valence-corrected chi connectivity index (χ1v) is 7.36. The highest BCUT2D eigenvalue weighted by molar-refractivity contribution is 5.83. The lowest BCUT2D eigenvalue weighted by molar-refractivity contribution is -0.144. The summed E-state index contributed by atoms with van der Waals surface area (Å²) in [5.41, 5.74) is 0.863. The second kappa shape index (κ2) is 6.45. The highest BCUT2D eigenvalue weighted by atomic mass is 16.5. The van der Waals surface area contributed by atoms with E-state index in [0.717, 1.165) is 5.69 Å². The van der Waals surface area contributed by atoms with Gasteiger partial charge in [-0.25, -0.2) is 0 Å². The summed E-state index contributed by atoms with van der Waals surface area (Å²) in [6, 6.07) is 1.36. The van der Waals surface area contributed by atoms with E-state index in [2.05, 4.69) is 5.10 Å². The van der Waals surface area contributed by atoms with Crippen LogP contribution in [0.25, 0.3) is 0 Å². The number of carbonyl (C=O) groups is 2. The third-order valence-electron chi connectivity index (χ3n) is 4.02. The fourth-order valence-electron chi connectivity index (χ4n) is 2.88. The molecule has 1 aromatic heterocycles. The van der Waals surface area contributed by atoms with E-state index in [1.165, 1.54) is 7.11 Å². The molecule has 0 unspecified atom stereocenters. The van der Waals surface area contributed by atoms with Crippen LogP contribution in [0.1, 0.15) is 11.7 Å². The summed E-state index contributed by atoms with van der Waals surface area (Å²) in [7, 11) is 1.49. The molecule has 2 amide bonds. The van der Waals surface area contributed by atoms with Crippen molar-refractivity contribution in [2.75, 3.05) is 46.6 Å². The number of methoxy groups -OCH3 is 1. The summed E-state index contributed by atoms with van der Waals surface area (Å²) in [5.74, 6) is -0.127. The van der Waals surface area contributed by atoms with Crippen LogP contribution in [-0.4, -0.2) is 78.0 Å². The number of hydrogen-bond donors (Lipinski definition) is 0. The Balaban J connectivity index is 1.80. The van der Waals surface area contributed by atoms with Crippen molar-refractivity contribution in [1.29, 1.82) is 0 Å². The average Bonchev–Trinajstić information content (AvgIpc) is 3.02. The van der Waals surface area contributed by atoms with E-state index in [1.807, 2.05) is 6.07 Å². The molecule has 8 nitrogen and oxygen atoms in total. The molecule has 3 heterocycles. The first-order chi connectivity index (χ1) is 10.7. The molecule has 22 heavy (non-hydrogen) atoms. The van der Waals surface area contributed by atoms with Crippen LogP contribution in [0.5, 0.6) is 0 Å². The Labute approximate surface area is 128 Å². The zero-order chi connectivity index (χ0) is 15.5. The molecule has 3 rings (SSSR count). The molecule has 2 aliphatic heterocycles. The Bertz CT molecular complexity index is 553. The number of rotatable bonds is 3. The SMILES string of the molecule is COCC(=O)N1Cc2ccnn2[C@@H](C(=O)N2CCOCC2)C1. The highest BCUT2D eigenvalue weighted by Gasteiger charge is 2.35. The number of carbonyl (C=O) groups excluding carboxylic acids is 2. The van der Waals surface area contributed by atoms with E-state index in [-0.39, 0.29) is 18.4 Å². The monoisotopic (exact) mass is 308 g/mol. The average molecular weight is 308 g/mol. The predicted molar refractivity (Wildman–Crippen MR) is 76.0 cm³/mol. The van der Waals surface area contributed by atoms with Gasteiger partial charge in [0, 0.05) is 26.4 Å². The van der Waals surface area contributed by atoms with E-state index >= 15 is 0 Å². The zero-order valence-electron chi connectivity index (χ0n) is 12.6. The van der Waals surface area contributed by atoms with Gasteiger partial charge in [-0.05, 0) is 6.07 Å². The fraction of sp³-hybridized carbons (Fsp3) is 0.643. The van der Waals surface area contributed by atoms with Gasteiger partial charge in [-0.3, -0.25) is 14.3 Å². The second-order valence-corrected chi connectivity index (χ2v) is 5.43. The molecule has 8 heteroatoms. The number of morpholine rings is 1. The number of hydrogen-bond acceptors (Lipinski definition) is 5. The minimum atomic E-state index is -0.474. The van der Waals surface area contributed by atoms with Crippen molar-refractivity contribution in [2.45, 2.75) is 12.6 Å². The van der Waals surface area contributed by atoms with Gasteiger partial charge in [0.25, 0.3) is 0 Å². The minimum absolute atomic E-state index is 0.0110. The van der Waals surface area contributed by atoms with E-state index in [9.17, 15) is 9.59 Å². The van der Waals surface area contributed by atoms with Gasteiger partial charge in [-0.1, -0.05) is 0 Å². The quantitative estimate of drug-likeness (QED) is 0.736. The first-order valence-electron chi connectivity index (χ1n) is 7.36. The molecule has 0 radical (unpaired) electrons. The summed E-state index contributed by atoms with van der Waals surface area (Å²) in [5, 5.41) is 4.26. The summed E-state index contributed by atoms with van der Waals surface area (Å²) in [4.78, 5) is 28.3. The lowest BCUT2D eigenvalue weighted by Gasteiger charge is -2.36. The summed E-state index contributed by atoms with van der Waals surface area (Å²) in [6.07, 6.45) is 1.67. The van der Waals surface area contributed by atoms with Crippen LogP contribution in [0.3, 0.4) is 0 Å². The maximum atomic E-state index is 12.8. The van der Waals surface area contributed by atoms with Gasteiger partial charge < -0.3 is 19.3 Å². The van der Waals surface area contributed by atoms with Gasteiger partial charge in [0.2, 0.25) is 11.8 Å². The zero-order valence-corrected chi connectivity index (χ0v) is 12.6. The van der Waals surface area contributed by atoms with E-state index < -0.39 is 6.04 Å². The Kier molecular flexibility index (Phi) is 4.39. The molecule has 2 aliphatic rings. The molecule has 0 aromatic carbocycles. The Morgan fingerprint density at radius 2 is 2.14 bits per heavy atom. The van der Waals surface area contributed by atoms with Crippen molar-refractivity contribution in [3.05, 3.63) is 18.0 Å². The van der Waals surface area contributed by atoms with Gasteiger partial charge in [-0.2, -0.15) is 5.10 Å². The summed E-state index contributed by atoms with van der Waals surface area (Å²) in [6.45, 7) is 3.07. The highest BCUT2D eigenvalue weighted by Crippen LogP contribution is 2.22. The Hall–Kier alpha value is -1.93. The van der Waals surface area contributed by atoms with E-state index in [0.29, 0.717) is 39.4 Å². The molecule has 1 atom stereocenters. The van der Waals surface area contributed by atoms with Crippen LogP contribution in [0.2, 0.25) is 0 Å². The first kappa shape index (κ1) is 15.0. The van der Waals surface area contributed by atoms with Gasteiger partial charge in [0.15, 0.2) is 0 Å². The molecule has 0 bridgehead atoms. The van der Waals surface area contributed by atoms with E-state index in [4.69, 9.17) is 9.47 Å². The van der Waals surface area contributed by atoms with Crippen LogP contribution in [0, 0.1) is 0 Å². The molecule has 0 saturated carbocycles. The van der Waals surface area contributed by atoms with Crippen molar-refractivity contribution in [2.24, 2.45) is 0 Å². The molecule has 120 valence electrons. The summed E-state index contributed by atoms with van der Waals surface area (Å²) < 4.78 is 11.9. The topological polar surface area (TPSA) is 76.9 Å². The van der Waals surface area contributed by atoms with Crippen molar-refractivity contribution in [3.63, 3.8) is 0 Å². The molecular weight excluding hydrogens is 288 g/mol. The smallest absolute Gasteiger partial charge is 0.249 e. The number of amides is 2. The molecule has 1 aromatic rings. The third kappa shape index (κ3) is 2.84. The molecule has 0 spiro atoms. The molecular formula is C14H20N4O4. The van der Waals surface area contributed by atoms with Crippen LogP contribution < -0.4 is 0 Å². The van der Waals surface area contributed by atoms with Crippen molar-refractivity contribution in [1.82, 2.24) is 19.6 Å². The maximum absolute atomic E-state index is 12.8. The van der Waals surface area contributed by atoms with Gasteiger partial charge in [-0.15, -0.1) is 0 Å². The van der Waals surface area contributed by atoms with Crippen LogP contribution in [-0.2, 0) is 25.6 Å². The third-order valence-corrected chi connectivity index (χ3v) is 4.02. The number of fused-ring (bicyclic) bond motifs is 1. The number of ether oxygens (including phenoxy) is 2. The Morgan fingerprint density at radius 3 is 2.86 bits per heavy atom. The lowest BCUT2D eigenvalue weighted by Crippen LogP contribution is -2.51. The molecule has 1 fully saturated rings. The van der Waals surface area contributed by atoms with Crippen LogP contribution in [0.15, 0.2) is 12.3 Å². The normalized spacial score (nSPS) is 21.6. The standard InChI is InChI=1S/C14H20N4O4/c1-21-10-13(19)17-8-11-2-3-15-18(11)12(9-17)14(20)16-4-6-22-7-5-16/h2-3,12H,4-10H2,1H3/t12-/m1/s1. The van der Waals surface area contributed by atoms with Crippen LogP contribution >= 0.6 is 0 Å². The molecule has 1 saturated heterocycles. The molecule has 0 aliphatic carbocycles. The van der Waals surface area contributed by atoms with Crippen molar-refractivity contribution in [3.8, 4) is 0 Å². The van der Waals surface area contributed by atoms with Gasteiger partial charge in [0.1, 0.15) is 12.6 Å². The van der Waals surface area contributed by atoms with Gasteiger partial charge >= 0.3 is 0 Å². The van der Waals surface area contributed by atoms with E-state index in [1.54, 1.807) is 20.7 Å². The number of nitrogens with zero attached hydrogens (tertiary/aromatic N) is 4. The Morgan fingerprint density at radius 1 is 1.36 bits per heavy atom. The van der Waals surface area contributed by atoms with Crippen molar-refractivity contribution < 1.29 is 19.1 Å². The molecule has 0 N–H and O–H groups in total. The number of aromatic nitrogens is 2. The largest absolute Gasteiger partial charge is 0.378 e. The summed E-state index contributed by atoms with van der Waals surface area (Å²) >= 11 is 0. The van der Waals surface area contributed by atoms with Crippen molar-refractivity contribution >= 4 is 11.8 Å². The van der Waals surface area contributed by atoms with Gasteiger partial charge in [0.05, 0.1) is 32.0 Å².